The van der Waals surface area contributed by atoms with Crippen LogP contribution < -0.4 is 16.4 Å². The summed E-state index contributed by atoms with van der Waals surface area (Å²) in [7, 11) is 0. The summed E-state index contributed by atoms with van der Waals surface area (Å²) in [5.41, 5.74) is -3.19. The number of hydrogen-bond acceptors (Lipinski definition) is 5. The van der Waals surface area contributed by atoms with E-state index in [1.165, 1.54) is 16.7 Å². The predicted octanol–water partition coefficient (Wildman–Crippen LogP) is 4.72. The summed E-state index contributed by atoms with van der Waals surface area (Å²) in [5, 5.41) is 8.48. The van der Waals surface area contributed by atoms with Crippen LogP contribution in [0.5, 0.6) is 0 Å². The van der Waals surface area contributed by atoms with E-state index in [2.05, 4.69) is 15.4 Å². The van der Waals surface area contributed by atoms with Gasteiger partial charge in [0.25, 0.3) is 11.1 Å². The summed E-state index contributed by atoms with van der Waals surface area (Å²) >= 11 is 0. The molecule has 3 aromatic heterocycles. The second-order valence-electron chi connectivity index (χ2n) is 8.27. The maximum Gasteiger partial charge on any atom is 0.423 e. The second-order valence-corrected chi connectivity index (χ2v) is 8.27. The van der Waals surface area contributed by atoms with Crippen molar-refractivity contribution >= 4 is 16.5 Å². The molecule has 7 nitrogen and oxygen atoms in total. The molecular formula is C24H20F5N5O2. The molecule has 0 radical (unpaired) electrons. The van der Waals surface area contributed by atoms with Crippen LogP contribution in [0.4, 0.5) is 27.6 Å². The maximum atomic E-state index is 14.7. The Hall–Kier alpha value is -4.09. The summed E-state index contributed by atoms with van der Waals surface area (Å²) < 4.78 is 68.8. The van der Waals surface area contributed by atoms with Crippen LogP contribution in [-0.2, 0) is 12.7 Å². The number of aromatic amines is 1. The Labute approximate surface area is 200 Å². The van der Waals surface area contributed by atoms with Gasteiger partial charge in [-0.3, -0.25) is 14.6 Å². The van der Waals surface area contributed by atoms with E-state index >= 15 is 0 Å². The minimum absolute atomic E-state index is 0.131. The van der Waals surface area contributed by atoms with Crippen molar-refractivity contribution in [3.05, 3.63) is 86.8 Å². The van der Waals surface area contributed by atoms with Crippen LogP contribution in [0.2, 0.25) is 0 Å². The van der Waals surface area contributed by atoms with Crippen molar-refractivity contribution in [1.82, 2.24) is 19.7 Å². The van der Waals surface area contributed by atoms with Crippen molar-refractivity contribution < 1.29 is 22.0 Å². The summed E-state index contributed by atoms with van der Waals surface area (Å²) in [6.07, 6.45) is -0.637. The van der Waals surface area contributed by atoms with Crippen molar-refractivity contribution in [2.75, 3.05) is 5.32 Å². The van der Waals surface area contributed by atoms with Crippen LogP contribution in [-0.4, -0.2) is 25.8 Å². The first kappa shape index (κ1) is 25.0. The van der Waals surface area contributed by atoms with Gasteiger partial charge in [-0.1, -0.05) is 0 Å². The quantitative estimate of drug-likeness (QED) is 0.355. The molecule has 4 rings (SSSR count). The highest BCUT2D eigenvalue weighted by molar-refractivity contribution is 5.86. The Bertz CT molecular complexity index is 1510. The topological polar surface area (TPSA) is 92.7 Å². The minimum atomic E-state index is -4.85. The first-order chi connectivity index (χ1) is 17.0. The lowest BCUT2D eigenvalue weighted by molar-refractivity contribution is -0.138. The van der Waals surface area contributed by atoms with E-state index in [1.807, 2.05) is 0 Å². The molecule has 0 aliphatic carbocycles. The fourth-order valence-electron chi connectivity index (χ4n) is 3.91. The molecule has 36 heavy (non-hydrogen) atoms. The number of hydrogen-bond donors (Lipinski definition) is 2. The van der Waals surface area contributed by atoms with Crippen molar-refractivity contribution in [3.8, 4) is 11.3 Å². The standard InChI is InChI=1S/C24H20F5N5O2/c1-13(32-20-12-31-33-22(35)21(20)24(27,28)29)3-2-7-34-8-6-14-9-17(18(26)10-16(14)23(34)36)19-5-4-15(25)11-30-19/h4-6,8-13H,2-3,7H2,1H3,(H2,32,33,35). The molecule has 12 heteroatoms. The molecule has 0 aliphatic rings. The molecular weight excluding hydrogens is 485 g/mol. The van der Waals surface area contributed by atoms with Gasteiger partial charge in [0, 0.05) is 24.3 Å². The van der Waals surface area contributed by atoms with Gasteiger partial charge in [0.15, 0.2) is 0 Å². The molecule has 0 spiro atoms. The van der Waals surface area contributed by atoms with Crippen LogP contribution in [0.15, 0.2) is 58.5 Å². The van der Waals surface area contributed by atoms with E-state index in [9.17, 15) is 31.5 Å². The summed E-state index contributed by atoms with van der Waals surface area (Å²) in [5.74, 6) is -1.23. The van der Waals surface area contributed by atoms with Crippen LogP contribution >= 0.6 is 0 Å². The van der Waals surface area contributed by atoms with E-state index in [1.54, 1.807) is 24.3 Å². The molecule has 4 aromatic rings. The van der Waals surface area contributed by atoms with E-state index in [-0.39, 0.29) is 23.2 Å². The van der Waals surface area contributed by atoms with Crippen LogP contribution in [0.1, 0.15) is 25.3 Å². The molecule has 0 saturated carbocycles. The third-order valence-corrected chi connectivity index (χ3v) is 5.65. The normalized spacial score (nSPS) is 12.6. The largest absolute Gasteiger partial charge is 0.423 e. The highest BCUT2D eigenvalue weighted by Crippen LogP contribution is 2.32. The molecule has 0 aliphatic heterocycles. The Morgan fingerprint density at radius 1 is 1.11 bits per heavy atom. The molecule has 3 heterocycles. The Balaban J connectivity index is 1.47. The number of H-pyrrole nitrogens is 1. The third-order valence-electron chi connectivity index (χ3n) is 5.65. The average molecular weight is 505 g/mol. The lowest BCUT2D eigenvalue weighted by Gasteiger charge is -2.18. The number of anilines is 1. The number of alkyl halides is 3. The monoisotopic (exact) mass is 505 g/mol. The number of nitrogens with zero attached hydrogens (tertiary/aromatic N) is 3. The molecule has 1 aromatic carbocycles. The Morgan fingerprint density at radius 2 is 1.89 bits per heavy atom. The van der Waals surface area contributed by atoms with E-state index in [0.29, 0.717) is 18.2 Å². The lowest BCUT2D eigenvalue weighted by Crippen LogP contribution is -2.27. The number of aromatic nitrogens is 4. The fraction of sp³-hybridized carbons (Fsp3) is 0.250. The van der Waals surface area contributed by atoms with Gasteiger partial charge in [0.05, 0.1) is 29.2 Å². The van der Waals surface area contributed by atoms with Crippen molar-refractivity contribution in [1.29, 1.82) is 0 Å². The highest BCUT2D eigenvalue weighted by Gasteiger charge is 2.37. The number of fused-ring (bicyclic) bond motifs is 1. The number of benzene rings is 1. The van der Waals surface area contributed by atoms with E-state index in [0.717, 1.165) is 24.5 Å². The average Bonchev–Trinajstić information content (AvgIpc) is 2.80. The zero-order chi connectivity index (χ0) is 26.0. The zero-order valence-corrected chi connectivity index (χ0v) is 18.9. The maximum absolute atomic E-state index is 14.7. The van der Waals surface area contributed by atoms with Crippen molar-refractivity contribution in [3.63, 3.8) is 0 Å². The summed E-state index contributed by atoms with van der Waals surface area (Å²) in [6, 6.07) is 6.26. The summed E-state index contributed by atoms with van der Waals surface area (Å²) in [4.78, 5) is 28.3. The van der Waals surface area contributed by atoms with Gasteiger partial charge in [-0.25, -0.2) is 13.9 Å². The highest BCUT2D eigenvalue weighted by atomic mass is 19.4. The molecule has 0 saturated heterocycles. The first-order valence-corrected chi connectivity index (χ1v) is 10.9. The van der Waals surface area contributed by atoms with Crippen LogP contribution in [0.3, 0.4) is 0 Å². The molecule has 1 atom stereocenters. The molecule has 0 amide bonds. The lowest BCUT2D eigenvalue weighted by atomic mass is 10.0. The number of rotatable bonds is 7. The smallest absolute Gasteiger partial charge is 0.381 e. The zero-order valence-electron chi connectivity index (χ0n) is 18.9. The number of pyridine rings is 2. The fourth-order valence-corrected chi connectivity index (χ4v) is 3.91. The summed E-state index contributed by atoms with van der Waals surface area (Å²) in [6.45, 7) is 1.88. The van der Waals surface area contributed by atoms with Crippen molar-refractivity contribution in [2.45, 2.75) is 38.5 Å². The van der Waals surface area contributed by atoms with Crippen molar-refractivity contribution in [2.24, 2.45) is 0 Å². The minimum Gasteiger partial charge on any atom is -0.381 e. The molecule has 0 bridgehead atoms. The van der Waals surface area contributed by atoms with Gasteiger partial charge in [-0.15, -0.1) is 0 Å². The Morgan fingerprint density at radius 3 is 2.58 bits per heavy atom. The third kappa shape index (κ3) is 5.26. The molecule has 2 N–H and O–H groups in total. The molecule has 188 valence electrons. The van der Waals surface area contributed by atoms with E-state index < -0.39 is 46.2 Å². The number of halogens is 5. The number of aryl methyl sites for hydroxylation is 1. The van der Waals surface area contributed by atoms with E-state index in [4.69, 9.17) is 0 Å². The number of nitrogens with one attached hydrogen (secondary N) is 2. The van der Waals surface area contributed by atoms with Gasteiger partial charge < -0.3 is 9.88 Å². The predicted molar refractivity (Wildman–Crippen MR) is 124 cm³/mol. The van der Waals surface area contributed by atoms with Crippen LogP contribution in [0, 0.1) is 11.6 Å². The van der Waals surface area contributed by atoms with Gasteiger partial charge in [0.1, 0.15) is 17.2 Å². The van der Waals surface area contributed by atoms with Gasteiger partial charge in [-0.2, -0.15) is 18.3 Å². The first-order valence-electron chi connectivity index (χ1n) is 10.9. The van der Waals surface area contributed by atoms with Gasteiger partial charge in [0.2, 0.25) is 0 Å². The van der Waals surface area contributed by atoms with Gasteiger partial charge >= 0.3 is 6.18 Å². The SMILES string of the molecule is CC(CCCn1ccc2cc(-c3ccc(F)cn3)c(F)cc2c1=O)Nc1cn[nH]c(=O)c1C(F)(F)F. The molecule has 0 fully saturated rings. The second kappa shape index (κ2) is 9.88. The van der Waals surface area contributed by atoms with Crippen LogP contribution in [0.25, 0.3) is 22.0 Å². The molecule has 1 unspecified atom stereocenters. The van der Waals surface area contributed by atoms with Gasteiger partial charge in [-0.05, 0) is 55.5 Å². The Kier molecular flexibility index (Phi) is 6.86.